The van der Waals surface area contributed by atoms with Crippen molar-refractivity contribution in [1.29, 1.82) is 0 Å². The summed E-state index contributed by atoms with van der Waals surface area (Å²) in [5.74, 6) is -1.31. The Morgan fingerprint density at radius 2 is 1.93 bits per heavy atom. The van der Waals surface area contributed by atoms with E-state index in [4.69, 9.17) is 0 Å². The molecule has 1 N–H and O–H groups in total. The van der Waals surface area contributed by atoms with Gasteiger partial charge >= 0.3 is 6.18 Å². The van der Waals surface area contributed by atoms with Gasteiger partial charge in [0.2, 0.25) is 0 Å². The van der Waals surface area contributed by atoms with Crippen molar-refractivity contribution in [2.45, 2.75) is 37.5 Å². The van der Waals surface area contributed by atoms with E-state index in [-0.39, 0.29) is 29.1 Å². The summed E-state index contributed by atoms with van der Waals surface area (Å²) in [4.78, 5) is 27.5. The van der Waals surface area contributed by atoms with Crippen molar-refractivity contribution in [3.63, 3.8) is 0 Å². The summed E-state index contributed by atoms with van der Waals surface area (Å²) < 4.78 is 38.7. The second kappa shape index (κ2) is 6.99. The quantitative estimate of drug-likeness (QED) is 0.815. The summed E-state index contributed by atoms with van der Waals surface area (Å²) in [6.07, 6.45) is -0.737. The van der Waals surface area contributed by atoms with Crippen LogP contribution < -0.4 is 4.90 Å². The van der Waals surface area contributed by atoms with Gasteiger partial charge < -0.3 is 14.9 Å². The number of halogens is 3. The number of carbonyl (C=O) groups is 2. The Morgan fingerprint density at radius 3 is 2.52 bits per heavy atom. The third-order valence-corrected chi connectivity index (χ3v) is 5.00. The molecule has 0 aromatic heterocycles. The standard InChI is InChI=1S/C19H21F3N2O3/c1-2-8-18(27)14-11-13(16(25)23-9-4-3-5-10-23)6-7-15(14)24(17(18)26)12-19(20,21)22/h2,6-7,11,27H,1,3-5,8-10,12H2. The number of fused-ring (bicyclic) bond motifs is 1. The lowest BCUT2D eigenvalue weighted by molar-refractivity contribution is -0.143. The van der Waals surface area contributed by atoms with Crippen LogP contribution in [0.25, 0.3) is 0 Å². The number of nitrogens with zero attached hydrogens (tertiary/aromatic N) is 2. The predicted molar refractivity (Wildman–Crippen MR) is 93.3 cm³/mol. The van der Waals surface area contributed by atoms with Crippen molar-refractivity contribution in [2.24, 2.45) is 0 Å². The zero-order valence-corrected chi connectivity index (χ0v) is 14.8. The lowest BCUT2D eigenvalue weighted by atomic mass is 9.90. The number of rotatable bonds is 4. The first-order chi connectivity index (χ1) is 12.7. The van der Waals surface area contributed by atoms with Crippen LogP contribution in [0.3, 0.4) is 0 Å². The number of aliphatic hydroxyl groups is 1. The van der Waals surface area contributed by atoms with Crippen molar-refractivity contribution in [3.05, 3.63) is 42.0 Å². The largest absolute Gasteiger partial charge is 0.406 e. The molecule has 1 aromatic rings. The average molecular weight is 382 g/mol. The van der Waals surface area contributed by atoms with Crippen molar-refractivity contribution in [2.75, 3.05) is 24.5 Å². The van der Waals surface area contributed by atoms with Gasteiger partial charge in [-0.25, -0.2) is 0 Å². The number of hydrogen-bond donors (Lipinski definition) is 1. The fraction of sp³-hybridized carbons (Fsp3) is 0.474. The fourth-order valence-electron chi connectivity index (χ4n) is 3.71. The van der Waals surface area contributed by atoms with Gasteiger partial charge in [0.15, 0.2) is 5.60 Å². The number of likely N-dealkylation sites (tertiary alicyclic amines) is 1. The Balaban J connectivity index is 2.01. The van der Waals surface area contributed by atoms with Crippen LogP contribution in [-0.4, -0.2) is 47.6 Å². The van der Waals surface area contributed by atoms with Crippen LogP contribution in [0.5, 0.6) is 0 Å². The predicted octanol–water partition coefficient (Wildman–Crippen LogP) is 2.99. The van der Waals surface area contributed by atoms with Gasteiger partial charge in [0, 0.05) is 30.6 Å². The highest BCUT2D eigenvalue weighted by molar-refractivity contribution is 6.08. The van der Waals surface area contributed by atoms with Crippen LogP contribution in [0.1, 0.15) is 41.6 Å². The SMILES string of the molecule is C=CCC1(O)C(=O)N(CC(F)(F)F)c2ccc(C(=O)N3CCCCC3)cc21. The third kappa shape index (κ3) is 3.58. The molecule has 1 saturated heterocycles. The van der Waals surface area contributed by atoms with Crippen LogP contribution in [-0.2, 0) is 10.4 Å². The summed E-state index contributed by atoms with van der Waals surface area (Å²) in [5.41, 5.74) is -1.92. The monoisotopic (exact) mass is 382 g/mol. The summed E-state index contributed by atoms with van der Waals surface area (Å²) in [5, 5.41) is 10.8. The molecule has 8 heteroatoms. The molecule has 0 spiro atoms. The maximum atomic E-state index is 12.9. The minimum atomic E-state index is -4.62. The van der Waals surface area contributed by atoms with E-state index in [0.717, 1.165) is 19.3 Å². The molecule has 0 radical (unpaired) electrons. The highest BCUT2D eigenvalue weighted by atomic mass is 19.4. The summed E-state index contributed by atoms with van der Waals surface area (Å²) in [6, 6.07) is 4.05. The van der Waals surface area contributed by atoms with E-state index in [1.165, 1.54) is 24.3 Å². The van der Waals surface area contributed by atoms with Crippen molar-refractivity contribution < 1.29 is 27.9 Å². The molecule has 2 amide bonds. The zero-order chi connectivity index (χ0) is 19.8. The molecule has 1 unspecified atom stereocenters. The Morgan fingerprint density at radius 1 is 1.26 bits per heavy atom. The van der Waals surface area contributed by atoms with Crippen LogP contribution in [0.15, 0.2) is 30.9 Å². The van der Waals surface area contributed by atoms with Crippen molar-refractivity contribution in [3.8, 4) is 0 Å². The molecule has 2 aliphatic rings. The Labute approximate surface area is 155 Å². The van der Waals surface area contributed by atoms with E-state index in [2.05, 4.69) is 6.58 Å². The normalized spacial score (nSPS) is 22.7. The number of piperidine rings is 1. The first kappa shape index (κ1) is 19.4. The van der Waals surface area contributed by atoms with Gasteiger partial charge in [0.1, 0.15) is 6.54 Å². The summed E-state index contributed by atoms with van der Waals surface area (Å²) in [6.45, 7) is 3.21. The fourth-order valence-corrected chi connectivity index (χ4v) is 3.71. The molecular formula is C19H21F3N2O3. The molecule has 3 rings (SSSR count). The number of hydrogen-bond acceptors (Lipinski definition) is 3. The maximum absolute atomic E-state index is 12.9. The van der Waals surface area contributed by atoms with Gasteiger partial charge in [-0.2, -0.15) is 13.2 Å². The Bertz CT molecular complexity index is 772. The molecule has 0 saturated carbocycles. The molecule has 1 fully saturated rings. The van der Waals surface area contributed by atoms with E-state index in [1.807, 2.05) is 0 Å². The lowest BCUT2D eigenvalue weighted by Gasteiger charge is -2.27. The maximum Gasteiger partial charge on any atom is 0.406 e. The van der Waals surface area contributed by atoms with E-state index < -0.39 is 24.2 Å². The van der Waals surface area contributed by atoms with Crippen LogP contribution in [0, 0.1) is 0 Å². The molecule has 27 heavy (non-hydrogen) atoms. The molecule has 2 heterocycles. The molecule has 0 bridgehead atoms. The van der Waals surface area contributed by atoms with Crippen molar-refractivity contribution >= 4 is 17.5 Å². The van der Waals surface area contributed by atoms with E-state index >= 15 is 0 Å². The van der Waals surface area contributed by atoms with Gasteiger partial charge in [-0.15, -0.1) is 6.58 Å². The van der Waals surface area contributed by atoms with Gasteiger partial charge in [-0.3, -0.25) is 9.59 Å². The van der Waals surface area contributed by atoms with Gasteiger partial charge in [0.25, 0.3) is 11.8 Å². The smallest absolute Gasteiger partial charge is 0.375 e. The summed E-state index contributed by atoms with van der Waals surface area (Å²) in [7, 11) is 0. The van der Waals surface area contributed by atoms with Gasteiger partial charge in [0.05, 0.1) is 5.69 Å². The van der Waals surface area contributed by atoms with Crippen LogP contribution in [0.2, 0.25) is 0 Å². The number of benzene rings is 1. The number of carbonyl (C=O) groups excluding carboxylic acids is 2. The molecule has 1 atom stereocenters. The van der Waals surface area contributed by atoms with E-state index in [0.29, 0.717) is 18.0 Å². The molecule has 0 aliphatic carbocycles. The molecule has 5 nitrogen and oxygen atoms in total. The van der Waals surface area contributed by atoms with E-state index in [1.54, 1.807) is 4.90 Å². The average Bonchev–Trinajstić information content (AvgIpc) is 2.82. The minimum Gasteiger partial charge on any atom is -0.375 e. The molecule has 146 valence electrons. The van der Waals surface area contributed by atoms with Gasteiger partial charge in [-0.1, -0.05) is 6.08 Å². The minimum absolute atomic E-state index is 0.0134. The number of anilines is 1. The second-order valence-corrected chi connectivity index (χ2v) is 6.94. The Kier molecular flexibility index (Phi) is 5.03. The lowest BCUT2D eigenvalue weighted by Crippen LogP contribution is -2.44. The van der Waals surface area contributed by atoms with Gasteiger partial charge in [-0.05, 0) is 37.5 Å². The first-order valence-corrected chi connectivity index (χ1v) is 8.83. The zero-order valence-electron chi connectivity index (χ0n) is 14.8. The Hall–Kier alpha value is -2.35. The third-order valence-electron chi connectivity index (χ3n) is 5.00. The molecular weight excluding hydrogens is 361 g/mol. The number of alkyl halides is 3. The van der Waals surface area contributed by atoms with Crippen LogP contribution in [0.4, 0.5) is 18.9 Å². The van der Waals surface area contributed by atoms with E-state index in [9.17, 15) is 27.9 Å². The molecule has 1 aromatic carbocycles. The first-order valence-electron chi connectivity index (χ1n) is 8.83. The highest BCUT2D eigenvalue weighted by Crippen LogP contribution is 2.44. The second-order valence-electron chi connectivity index (χ2n) is 6.94. The highest BCUT2D eigenvalue weighted by Gasteiger charge is 2.51. The van der Waals surface area contributed by atoms with Crippen LogP contribution >= 0.6 is 0 Å². The summed E-state index contributed by atoms with van der Waals surface area (Å²) >= 11 is 0. The molecule has 2 aliphatic heterocycles. The topological polar surface area (TPSA) is 60.9 Å². The number of amides is 2. The van der Waals surface area contributed by atoms with Crippen molar-refractivity contribution in [1.82, 2.24) is 4.90 Å².